The van der Waals surface area contributed by atoms with Crippen molar-refractivity contribution >= 4 is 31.6 Å². The van der Waals surface area contributed by atoms with Crippen molar-refractivity contribution < 1.29 is 44.7 Å². The van der Waals surface area contributed by atoms with E-state index in [1.807, 2.05) is 0 Å². The molecule has 2 aromatic rings. The van der Waals surface area contributed by atoms with Gasteiger partial charge < -0.3 is 18.3 Å². The highest BCUT2D eigenvalue weighted by atomic mass is 32.2. The van der Waals surface area contributed by atoms with Crippen molar-refractivity contribution in [2.75, 3.05) is 26.7 Å². The zero-order valence-corrected chi connectivity index (χ0v) is 17.9. The average molecular weight is 466 g/mol. The number of hydrogen-bond acceptors (Lipinski definition) is 14. The molecular formula is C14H18N4O10S2. The molecule has 0 unspecified atom stereocenters. The summed E-state index contributed by atoms with van der Waals surface area (Å²) in [7, 11) is -5.51. The minimum absolute atomic E-state index is 0.171. The second-order valence-electron chi connectivity index (χ2n) is 6.21. The SMILES string of the molecule is COC(=O)C(CCc1nnc(S(C)(=O)=O)o1)(Cc1nnc(S(C)(=O)=O)o1)C(=O)OC. The minimum atomic E-state index is -3.82. The zero-order valence-electron chi connectivity index (χ0n) is 16.3. The zero-order chi connectivity index (χ0) is 22.7. The van der Waals surface area contributed by atoms with Crippen LogP contribution in [-0.2, 0) is 51.6 Å². The summed E-state index contributed by atoms with van der Waals surface area (Å²) in [6.07, 6.45) is 0.593. The number of hydrogen-bond donors (Lipinski definition) is 0. The van der Waals surface area contributed by atoms with Crippen LogP contribution in [0.2, 0.25) is 0 Å². The Morgan fingerprint density at radius 1 is 0.833 bits per heavy atom. The van der Waals surface area contributed by atoms with Crippen LogP contribution in [0.3, 0.4) is 0 Å². The van der Waals surface area contributed by atoms with Gasteiger partial charge in [0, 0.05) is 18.9 Å². The van der Waals surface area contributed by atoms with Crippen LogP contribution in [0.25, 0.3) is 0 Å². The van der Waals surface area contributed by atoms with E-state index < -0.39 is 53.9 Å². The number of esters is 2. The lowest BCUT2D eigenvalue weighted by atomic mass is 9.79. The fourth-order valence-corrected chi connectivity index (χ4v) is 3.31. The molecule has 0 saturated heterocycles. The fraction of sp³-hybridized carbons (Fsp3) is 0.571. The van der Waals surface area contributed by atoms with Crippen LogP contribution in [0.4, 0.5) is 0 Å². The number of ether oxygens (including phenoxy) is 2. The van der Waals surface area contributed by atoms with Crippen molar-refractivity contribution in [2.24, 2.45) is 5.41 Å². The predicted molar refractivity (Wildman–Crippen MR) is 93.3 cm³/mol. The molecule has 30 heavy (non-hydrogen) atoms. The van der Waals surface area contributed by atoms with Crippen molar-refractivity contribution in [1.29, 1.82) is 0 Å². The van der Waals surface area contributed by atoms with Gasteiger partial charge in [-0.3, -0.25) is 9.59 Å². The Kier molecular flexibility index (Phi) is 6.60. The first-order valence-electron chi connectivity index (χ1n) is 8.05. The van der Waals surface area contributed by atoms with Crippen LogP contribution in [0.5, 0.6) is 0 Å². The van der Waals surface area contributed by atoms with Crippen LogP contribution >= 0.6 is 0 Å². The molecule has 0 spiro atoms. The second kappa shape index (κ2) is 8.47. The predicted octanol–water partition coefficient (Wildman–Crippen LogP) is -1.23. The molecular weight excluding hydrogens is 448 g/mol. The first-order valence-corrected chi connectivity index (χ1v) is 11.8. The summed E-state index contributed by atoms with van der Waals surface area (Å²) in [6, 6.07) is 0. The highest BCUT2D eigenvalue weighted by Crippen LogP contribution is 2.32. The smallest absolute Gasteiger partial charge is 0.335 e. The lowest BCUT2D eigenvalue weighted by Gasteiger charge is -2.26. The molecule has 0 bridgehead atoms. The lowest BCUT2D eigenvalue weighted by Crippen LogP contribution is -2.43. The van der Waals surface area contributed by atoms with E-state index >= 15 is 0 Å². The van der Waals surface area contributed by atoms with Crippen LogP contribution in [0.1, 0.15) is 18.2 Å². The van der Waals surface area contributed by atoms with E-state index in [0.717, 1.165) is 26.7 Å². The first kappa shape index (κ1) is 23.4. The van der Waals surface area contributed by atoms with Gasteiger partial charge in [0.1, 0.15) is 0 Å². The van der Waals surface area contributed by atoms with Crippen LogP contribution in [-0.4, -0.2) is 75.9 Å². The van der Waals surface area contributed by atoms with Gasteiger partial charge in [0.2, 0.25) is 31.5 Å². The van der Waals surface area contributed by atoms with E-state index in [1.54, 1.807) is 0 Å². The number of aryl methyl sites for hydroxylation is 1. The Morgan fingerprint density at radius 3 is 1.67 bits per heavy atom. The monoisotopic (exact) mass is 466 g/mol. The summed E-state index contributed by atoms with van der Waals surface area (Å²) in [5.74, 6) is -2.57. The summed E-state index contributed by atoms with van der Waals surface area (Å²) in [5, 5.41) is 12.6. The van der Waals surface area contributed by atoms with Gasteiger partial charge in [-0.05, 0) is 6.42 Å². The molecule has 0 atom stereocenters. The van der Waals surface area contributed by atoms with Gasteiger partial charge in [-0.1, -0.05) is 10.2 Å². The quantitative estimate of drug-likeness (QED) is 0.314. The standard InChI is InChI=1S/C14H18N4O10S2/c1-25-10(19)14(11(20)26-2,7-9-16-18-13(28-9)30(4,23)24)6-5-8-15-17-12(27-8)29(3,21)22/h5-7H2,1-4H3. The molecule has 14 nitrogen and oxygen atoms in total. The van der Waals surface area contributed by atoms with E-state index in [1.165, 1.54) is 0 Å². The highest BCUT2D eigenvalue weighted by Gasteiger charge is 2.50. The van der Waals surface area contributed by atoms with Gasteiger partial charge in [0.05, 0.1) is 20.6 Å². The number of rotatable bonds is 9. The number of methoxy groups -OCH3 is 2. The fourth-order valence-electron chi connectivity index (χ4n) is 2.44. The van der Waals surface area contributed by atoms with E-state index in [9.17, 15) is 26.4 Å². The maximum atomic E-state index is 12.5. The molecule has 0 aliphatic rings. The largest absolute Gasteiger partial charge is 0.468 e. The minimum Gasteiger partial charge on any atom is -0.468 e. The molecule has 16 heteroatoms. The van der Waals surface area contributed by atoms with E-state index in [4.69, 9.17) is 18.3 Å². The molecule has 0 aromatic carbocycles. The molecule has 0 N–H and O–H groups in total. The molecule has 2 rings (SSSR count). The van der Waals surface area contributed by atoms with Gasteiger partial charge in [-0.2, -0.15) is 0 Å². The number of aromatic nitrogens is 4. The molecule has 0 aliphatic heterocycles. The lowest BCUT2D eigenvalue weighted by molar-refractivity contribution is -0.170. The Labute approximate surface area is 170 Å². The van der Waals surface area contributed by atoms with Crippen molar-refractivity contribution in [2.45, 2.75) is 29.7 Å². The molecule has 0 amide bonds. The van der Waals surface area contributed by atoms with Crippen LogP contribution in [0, 0.1) is 5.41 Å². The highest BCUT2D eigenvalue weighted by molar-refractivity contribution is 7.90. The summed E-state index contributed by atoms with van der Waals surface area (Å²) in [6.45, 7) is 0. The third-order valence-electron chi connectivity index (χ3n) is 3.90. The maximum Gasteiger partial charge on any atom is 0.335 e. The van der Waals surface area contributed by atoms with Gasteiger partial charge in [0.15, 0.2) is 5.41 Å². The molecule has 0 aliphatic carbocycles. The van der Waals surface area contributed by atoms with Crippen molar-refractivity contribution in [3.63, 3.8) is 0 Å². The van der Waals surface area contributed by atoms with Gasteiger partial charge in [-0.15, -0.1) is 10.2 Å². The van der Waals surface area contributed by atoms with Crippen LogP contribution in [0.15, 0.2) is 19.3 Å². The molecule has 0 fully saturated rings. The van der Waals surface area contributed by atoms with Crippen molar-refractivity contribution in [3.8, 4) is 0 Å². The number of carbonyl (C=O) groups is 2. The Bertz CT molecular complexity index is 1130. The topological polar surface area (TPSA) is 199 Å². The molecule has 0 radical (unpaired) electrons. The average Bonchev–Trinajstić information content (AvgIpc) is 3.32. The van der Waals surface area contributed by atoms with Gasteiger partial charge in [0.25, 0.3) is 0 Å². The Hall–Kier alpha value is -2.88. The first-order chi connectivity index (χ1) is 13.8. The number of carbonyl (C=O) groups excluding carboxylic acids is 2. The molecule has 2 heterocycles. The molecule has 166 valence electrons. The van der Waals surface area contributed by atoms with E-state index in [-0.39, 0.29) is 24.6 Å². The second-order valence-corrected chi connectivity index (χ2v) is 10.00. The summed E-state index contributed by atoms with van der Waals surface area (Å²) < 4.78 is 65.5. The summed E-state index contributed by atoms with van der Waals surface area (Å²) in [4.78, 5) is 25.1. The van der Waals surface area contributed by atoms with Crippen LogP contribution < -0.4 is 0 Å². The van der Waals surface area contributed by atoms with E-state index in [0.29, 0.717) is 0 Å². The number of nitrogens with zero attached hydrogens (tertiary/aromatic N) is 4. The number of sulfone groups is 2. The Morgan fingerprint density at radius 2 is 1.27 bits per heavy atom. The van der Waals surface area contributed by atoms with Crippen molar-refractivity contribution in [1.82, 2.24) is 20.4 Å². The normalized spacial score (nSPS) is 12.5. The van der Waals surface area contributed by atoms with E-state index in [2.05, 4.69) is 20.4 Å². The molecule has 0 saturated carbocycles. The third-order valence-corrected chi connectivity index (χ3v) is 5.50. The Balaban J connectivity index is 2.40. The molecule has 2 aromatic heterocycles. The summed E-state index contributed by atoms with van der Waals surface area (Å²) >= 11 is 0. The van der Waals surface area contributed by atoms with Gasteiger partial charge >= 0.3 is 22.4 Å². The van der Waals surface area contributed by atoms with Gasteiger partial charge in [-0.25, -0.2) is 16.8 Å². The third kappa shape index (κ3) is 4.99. The van der Waals surface area contributed by atoms with Crippen molar-refractivity contribution in [3.05, 3.63) is 11.8 Å². The maximum absolute atomic E-state index is 12.5. The summed E-state index contributed by atoms with van der Waals surface area (Å²) in [5.41, 5.74) is -2.04.